The first-order valence-corrected chi connectivity index (χ1v) is 6.39. The van der Waals surface area contributed by atoms with E-state index in [9.17, 15) is 8.42 Å². The van der Waals surface area contributed by atoms with Gasteiger partial charge in [0, 0.05) is 6.04 Å². The SMILES string of the molecule is Cc1nc([C@H](C)N)ccc1NS(C)(=O)=O. The van der Waals surface area contributed by atoms with Gasteiger partial charge in [0.15, 0.2) is 0 Å². The van der Waals surface area contributed by atoms with E-state index in [1.807, 2.05) is 6.92 Å². The Morgan fingerprint density at radius 1 is 1.47 bits per heavy atom. The maximum atomic E-state index is 11.0. The van der Waals surface area contributed by atoms with E-state index in [1.54, 1.807) is 19.1 Å². The van der Waals surface area contributed by atoms with E-state index >= 15 is 0 Å². The Labute approximate surface area is 89.8 Å². The summed E-state index contributed by atoms with van der Waals surface area (Å²) in [5.41, 5.74) is 7.51. The topological polar surface area (TPSA) is 85.1 Å². The van der Waals surface area contributed by atoms with Gasteiger partial charge in [-0.25, -0.2) is 8.42 Å². The minimum absolute atomic E-state index is 0.156. The Kier molecular flexibility index (Phi) is 3.31. The lowest BCUT2D eigenvalue weighted by atomic mass is 10.2. The summed E-state index contributed by atoms with van der Waals surface area (Å²) < 4.78 is 24.4. The molecule has 5 nitrogen and oxygen atoms in total. The molecule has 3 N–H and O–H groups in total. The second-order valence-electron chi connectivity index (χ2n) is 3.53. The standard InChI is InChI=1S/C9H15N3O2S/c1-6(10)8-4-5-9(7(2)11-8)12-15(3,13)14/h4-6,12H,10H2,1-3H3/t6-/m0/s1. The minimum atomic E-state index is -3.25. The molecule has 0 radical (unpaired) electrons. The second kappa shape index (κ2) is 4.16. The molecule has 0 aromatic carbocycles. The Morgan fingerprint density at radius 3 is 2.47 bits per heavy atom. The lowest BCUT2D eigenvalue weighted by Crippen LogP contribution is -2.13. The van der Waals surface area contributed by atoms with Gasteiger partial charge in [-0.2, -0.15) is 0 Å². The van der Waals surface area contributed by atoms with Crippen LogP contribution in [0.25, 0.3) is 0 Å². The molecule has 0 aliphatic carbocycles. The number of nitrogens with one attached hydrogen (secondary N) is 1. The third kappa shape index (κ3) is 3.49. The van der Waals surface area contributed by atoms with Crippen LogP contribution in [-0.2, 0) is 10.0 Å². The van der Waals surface area contributed by atoms with Crippen molar-refractivity contribution in [3.05, 3.63) is 23.5 Å². The molecular weight excluding hydrogens is 214 g/mol. The maximum Gasteiger partial charge on any atom is 0.229 e. The number of nitrogens with two attached hydrogens (primary N) is 1. The van der Waals surface area contributed by atoms with Gasteiger partial charge in [0.25, 0.3) is 0 Å². The van der Waals surface area contributed by atoms with Gasteiger partial charge in [0.05, 0.1) is 23.3 Å². The van der Waals surface area contributed by atoms with Crippen molar-refractivity contribution in [3.63, 3.8) is 0 Å². The quantitative estimate of drug-likeness (QED) is 0.802. The van der Waals surface area contributed by atoms with Gasteiger partial charge in [0.1, 0.15) is 0 Å². The maximum absolute atomic E-state index is 11.0. The molecule has 84 valence electrons. The minimum Gasteiger partial charge on any atom is -0.323 e. The third-order valence-corrected chi connectivity index (χ3v) is 2.46. The predicted molar refractivity (Wildman–Crippen MR) is 60.0 cm³/mol. The van der Waals surface area contributed by atoms with Gasteiger partial charge in [-0.05, 0) is 26.0 Å². The highest BCUT2D eigenvalue weighted by molar-refractivity contribution is 7.92. The molecule has 6 heteroatoms. The summed E-state index contributed by atoms with van der Waals surface area (Å²) in [5, 5.41) is 0. The first kappa shape index (κ1) is 11.9. The monoisotopic (exact) mass is 229 g/mol. The van der Waals surface area contributed by atoms with Crippen molar-refractivity contribution >= 4 is 15.7 Å². The van der Waals surface area contributed by atoms with Crippen LogP contribution >= 0.6 is 0 Å². The van der Waals surface area contributed by atoms with Crippen LogP contribution in [0.4, 0.5) is 5.69 Å². The molecule has 0 saturated carbocycles. The lowest BCUT2D eigenvalue weighted by Gasteiger charge is -2.10. The summed E-state index contributed by atoms with van der Waals surface area (Å²) in [6.45, 7) is 3.56. The van der Waals surface area contributed by atoms with Gasteiger partial charge in [0.2, 0.25) is 10.0 Å². The van der Waals surface area contributed by atoms with Crippen LogP contribution in [0, 0.1) is 6.92 Å². The van der Waals surface area contributed by atoms with Crippen LogP contribution in [0.5, 0.6) is 0 Å². The Bertz CT molecular complexity index is 454. The molecule has 1 heterocycles. The summed E-state index contributed by atoms with van der Waals surface area (Å²) in [7, 11) is -3.25. The number of nitrogens with zero attached hydrogens (tertiary/aromatic N) is 1. The number of rotatable bonds is 3. The van der Waals surface area contributed by atoms with Gasteiger partial charge in [-0.3, -0.25) is 9.71 Å². The molecule has 0 amide bonds. The predicted octanol–water partition coefficient (Wildman–Crippen LogP) is 0.781. The van der Waals surface area contributed by atoms with Crippen molar-refractivity contribution in [2.75, 3.05) is 11.0 Å². The molecule has 0 fully saturated rings. The van der Waals surface area contributed by atoms with E-state index in [-0.39, 0.29) is 6.04 Å². The number of sulfonamides is 1. The zero-order valence-corrected chi connectivity index (χ0v) is 9.80. The van der Waals surface area contributed by atoms with Crippen molar-refractivity contribution in [2.45, 2.75) is 19.9 Å². The van der Waals surface area contributed by atoms with Crippen LogP contribution in [0.1, 0.15) is 24.4 Å². The average molecular weight is 229 g/mol. The molecule has 1 rings (SSSR count). The van der Waals surface area contributed by atoms with E-state index in [4.69, 9.17) is 5.73 Å². The second-order valence-corrected chi connectivity index (χ2v) is 5.28. The van der Waals surface area contributed by atoms with Crippen LogP contribution in [-0.4, -0.2) is 19.7 Å². The van der Waals surface area contributed by atoms with Gasteiger partial charge in [-0.15, -0.1) is 0 Å². The molecule has 1 aromatic heterocycles. The van der Waals surface area contributed by atoms with Crippen molar-refractivity contribution in [1.29, 1.82) is 0 Å². The van der Waals surface area contributed by atoms with E-state index < -0.39 is 10.0 Å². The fourth-order valence-corrected chi connectivity index (χ4v) is 1.76. The molecule has 0 bridgehead atoms. The molecule has 15 heavy (non-hydrogen) atoms. The number of aryl methyl sites for hydroxylation is 1. The normalized spacial score (nSPS) is 13.6. The van der Waals surface area contributed by atoms with Crippen molar-refractivity contribution in [3.8, 4) is 0 Å². The molecule has 0 saturated heterocycles. The summed E-state index contributed by atoms with van der Waals surface area (Å²) in [5.74, 6) is 0. The molecular formula is C9H15N3O2S. The van der Waals surface area contributed by atoms with Crippen LogP contribution in [0.2, 0.25) is 0 Å². The van der Waals surface area contributed by atoms with Gasteiger partial charge in [-0.1, -0.05) is 0 Å². The number of hydrogen-bond acceptors (Lipinski definition) is 4. The first-order chi connectivity index (χ1) is 6.79. The van der Waals surface area contributed by atoms with Crippen LogP contribution < -0.4 is 10.5 Å². The molecule has 1 aromatic rings. The van der Waals surface area contributed by atoms with E-state index in [0.29, 0.717) is 11.4 Å². The Hall–Kier alpha value is -1.14. The number of hydrogen-bond donors (Lipinski definition) is 2. The van der Waals surface area contributed by atoms with E-state index in [1.165, 1.54) is 0 Å². The summed E-state index contributed by atoms with van der Waals surface area (Å²) in [4.78, 5) is 4.20. The lowest BCUT2D eigenvalue weighted by molar-refractivity contribution is 0.606. The number of pyridine rings is 1. The summed E-state index contributed by atoms with van der Waals surface area (Å²) in [6.07, 6.45) is 1.10. The Balaban J connectivity index is 3.04. The van der Waals surface area contributed by atoms with Crippen LogP contribution in [0.3, 0.4) is 0 Å². The zero-order valence-electron chi connectivity index (χ0n) is 8.98. The highest BCUT2D eigenvalue weighted by Gasteiger charge is 2.08. The Morgan fingerprint density at radius 2 is 2.07 bits per heavy atom. The largest absolute Gasteiger partial charge is 0.323 e. The highest BCUT2D eigenvalue weighted by Crippen LogP contribution is 2.16. The van der Waals surface area contributed by atoms with Crippen molar-refractivity contribution in [1.82, 2.24) is 4.98 Å². The van der Waals surface area contributed by atoms with Crippen molar-refractivity contribution in [2.24, 2.45) is 5.73 Å². The molecule has 1 atom stereocenters. The highest BCUT2D eigenvalue weighted by atomic mass is 32.2. The smallest absolute Gasteiger partial charge is 0.229 e. The molecule has 0 spiro atoms. The first-order valence-electron chi connectivity index (χ1n) is 4.50. The molecule has 0 aliphatic heterocycles. The molecule has 0 unspecified atom stereocenters. The van der Waals surface area contributed by atoms with Crippen molar-refractivity contribution < 1.29 is 8.42 Å². The summed E-state index contributed by atoms with van der Waals surface area (Å²) >= 11 is 0. The number of anilines is 1. The van der Waals surface area contributed by atoms with E-state index in [2.05, 4.69) is 9.71 Å². The van der Waals surface area contributed by atoms with Gasteiger partial charge >= 0.3 is 0 Å². The average Bonchev–Trinajstić information content (AvgIpc) is 2.05. The van der Waals surface area contributed by atoms with Gasteiger partial charge < -0.3 is 5.73 Å². The number of aromatic nitrogens is 1. The van der Waals surface area contributed by atoms with E-state index in [0.717, 1.165) is 11.9 Å². The molecule has 0 aliphatic rings. The zero-order chi connectivity index (χ0) is 11.6. The fraction of sp³-hybridized carbons (Fsp3) is 0.444. The summed E-state index contributed by atoms with van der Waals surface area (Å²) in [6, 6.07) is 3.23. The third-order valence-electron chi connectivity index (χ3n) is 1.87. The van der Waals surface area contributed by atoms with Crippen LogP contribution in [0.15, 0.2) is 12.1 Å². The fourth-order valence-electron chi connectivity index (χ4n) is 1.14.